The van der Waals surface area contributed by atoms with Gasteiger partial charge in [-0.2, -0.15) is 15.8 Å². The Morgan fingerprint density at radius 3 is 1.66 bits per heavy atom. The van der Waals surface area contributed by atoms with E-state index in [0.717, 1.165) is 77.2 Å². The van der Waals surface area contributed by atoms with Crippen molar-refractivity contribution in [1.29, 1.82) is 15.8 Å². The van der Waals surface area contributed by atoms with Crippen LogP contribution in [0.15, 0.2) is 152 Å². The highest BCUT2D eigenvalue weighted by atomic mass is 15.0. The quantitative estimate of drug-likeness (QED) is 0.193. The molecule has 7 aromatic carbocycles. The lowest BCUT2D eigenvalue weighted by Gasteiger charge is -2.15. The van der Waals surface area contributed by atoms with Gasteiger partial charge in [-0.25, -0.2) is 0 Å². The second-order valence-electron chi connectivity index (χ2n) is 12.3. The normalized spacial score (nSPS) is 11.1. The standard InChI is InChI=1S/C45H25N5/c46-26-29-13-23-43-40(24-29)38-8-2-4-11-42(38)50(43)44-25-30(27-47)12-22-36(44)33-16-14-31(15-17-33)32-18-20-35(21-19-32)49-41-10-3-1-7-37(41)39-9-5-6-34(28-48)45(39)49/h1-25H. The fourth-order valence-corrected chi connectivity index (χ4v) is 7.35. The van der Waals surface area contributed by atoms with Gasteiger partial charge in [0, 0.05) is 32.8 Å². The summed E-state index contributed by atoms with van der Waals surface area (Å²) in [6, 6.07) is 57.9. The van der Waals surface area contributed by atoms with Gasteiger partial charge in [-0.05, 0) is 77.4 Å². The van der Waals surface area contributed by atoms with E-state index >= 15 is 0 Å². The monoisotopic (exact) mass is 635 g/mol. The molecule has 0 fully saturated rings. The third kappa shape index (κ3) is 4.38. The molecule has 0 radical (unpaired) electrons. The summed E-state index contributed by atoms with van der Waals surface area (Å²) in [6.07, 6.45) is 0. The highest BCUT2D eigenvalue weighted by Gasteiger charge is 2.18. The lowest BCUT2D eigenvalue weighted by molar-refractivity contribution is 1.18. The fraction of sp³-hybridized carbons (Fsp3) is 0. The molecule has 0 aliphatic carbocycles. The largest absolute Gasteiger partial charge is 0.309 e. The Morgan fingerprint density at radius 1 is 0.400 bits per heavy atom. The van der Waals surface area contributed by atoms with E-state index in [1.54, 1.807) is 0 Å². The predicted octanol–water partition coefficient (Wildman–Crippen LogP) is 10.8. The summed E-state index contributed by atoms with van der Waals surface area (Å²) in [5, 5.41) is 33.7. The van der Waals surface area contributed by atoms with Crippen molar-refractivity contribution in [2.75, 3.05) is 0 Å². The van der Waals surface area contributed by atoms with Crippen LogP contribution >= 0.6 is 0 Å². The average Bonchev–Trinajstić information content (AvgIpc) is 3.70. The van der Waals surface area contributed by atoms with Crippen molar-refractivity contribution in [1.82, 2.24) is 9.13 Å². The highest BCUT2D eigenvalue weighted by molar-refractivity contribution is 6.11. The van der Waals surface area contributed by atoms with Gasteiger partial charge in [0.1, 0.15) is 6.07 Å². The van der Waals surface area contributed by atoms with E-state index in [0.29, 0.717) is 16.7 Å². The molecule has 9 aromatic rings. The van der Waals surface area contributed by atoms with Gasteiger partial charge in [0.05, 0.1) is 56.6 Å². The van der Waals surface area contributed by atoms with E-state index in [4.69, 9.17) is 0 Å². The van der Waals surface area contributed by atoms with Crippen LogP contribution in [0.25, 0.3) is 77.2 Å². The summed E-state index contributed by atoms with van der Waals surface area (Å²) >= 11 is 0. The van der Waals surface area contributed by atoms with Crippen molar-refractivity contribution in [3.8, 4) is 51.8 Å². The van der Waals surface area contributed by atoms with E-state index in [1.165, 1.54) is 0 Å². The van der Waals surface area contributed by atoms with E-state index in [9.17, 15) is 15.8 Å². The molecule has 0 saturated carbocycles. The molecule has 0 bridgehead atoms. The Kier molecular flexibility index (Phi) is 6.56. The number of nitrogens with zero attached hydrogens (tertiary/aromatic N) is 5. The third-order valence-electron chi connectivity index (χ3n) is 9.64. The number of fused-ring (bicyclic) bond motifs is 6. The third-order valence-corrected chi connectivity index (χ3v) is 9.64. The smallest absolute Gasteiger partial charge is 0.101 e. The van der Waals surface area contributed by atoms with Crippen molar-refractivity contribution < 1.29 is 0 Å². The minimum Gasteiger partial charge on any atom is -0.309 e. The average molecular weight is 636 g/mol. The van der Waals surface area contributed by atoms with Gasteiger partial charge in [0.25, 0.3) is 0 Å². The first-order valence-electron chi connectivity index (χ1n) is 16.3. The molecule has 0 unspecified atom stereocenters. The van der Waals surface area contributed by atoms with E-state index < -0.39 is 0 Å². The number of nitriles is 3. The first-order valence-corrected chi connectivity index (χ1v) is 16.3. The zero-order valence-corrected chi connectivity index (χ0v) is 26.7. The van der Waals surface area contributed by atoms with Crippen LogP contribution in [0.3, 0.4) is 0 Å². The maximum absolute atomic E-state index is 9.95. The Labute approximate surface area is 287 Å². The van der Waals surface area contributed by atoms with Crippen molar-refractivity contribution in [2.45, 2.75) is 0 Å². The number of benzene rings is 7. The molecule has 9 rings (SSSR count). The van der Waals surface area contributed by atoms with Crippen molar-refractivity contribution >= 4 is 43.6 Å². The van der Waals surface area contributed by atoms with Gasteiger partial charge in [-0.1, -0.05) is 91.0 Å². The topological polar surface area (TPSA) is 81.2 Å². The number of rotatable bonds is 4. The van der Waals surface area contributed by atoms with Gasteiger partial charge in [-0.15, -0.1) is 0 Å². The van der Waals surface area contributed by atoms with Gasteiger partial charge in [0.15, 0.2) is 0 Å². The lowest BCUT2D eigenvalue weighted by Crippen LogP contribution is -1.98. The van der Waals surface area contributed by atoms with Crippen molar-refractivity contribution in [2.24, 2.45) is 0 Å². The zero-order valence-electron chi connectivity index (χ0n) is 26.7. The Bertz CT molecular complexity index is 2940. The van der Waals surface area contributed by atoms with Crippen LogP contribution < -0.4 is 0 Å². The molecule has 0 spiro atoms. The van der Waals surface area contributed by atoms with Crippen LogP contribution in [0.5, 0.6) is 0 Å². The maximum Gasteiger partial charge on any atom is 0.101 e. The van der Waals surface area contributed by atoms with E-state index in [2.05, 4.69) is 106 Å². The molecule has 5 heteroatoms. The molecular weight excluding hydrogens is 611 g/mol. The number of aromatic nitrogens is 2. The molecule has 5 nitrogen and oxygen atoms in total. The molecule has 230 valence electrons. The van der Waals surface area contributed by atoms with Crippen molar-refractivity contribution in [3.05, 3.63) is 168 Å². The minimum absolute atomic E-state index is 0.574. The second-order valence-corrected chi connectivity index (χ2v) is 12.3. The van der Waals surface area contributed by atoms with E-state index in [1.807, 2.05) is 72.8 Å². The molecule has 0 aliphatic heterocycles. The SMILES string of the molecule is N#Cc1ccc(-c2ccc(-c3ccc(-n4c5ccccc5c5cccc(C#N)c54)cc3)cc2)c(-n2c3ccccc3c3cc(C#N)ccc32)c1. The minimum atomic E-state index is 0.574. The van der Waals surface area contributed by atoms with Crippen LogP contribution in [0.2, 0.25) is 0 Å². The van der Waals surface area contributed by atoms with Gasteiger partial charge >= 0.3 is 0 Å². The zero-order chi connectivity index (χ0) is 33.8. The molecule has 2 aromatic heterocycles. The molecule has 0 saturated heterocycles. The van der Waals surface area contributed by atoms with Crippen LogP contribution in [0.4, 0.5) is 0 Å². The highest BCUT2D eigenvalue weighted by Crippen LogP contribution is 2.38. The fourth-order valence-electron chi connectivity index (χ4n) is 7.35. The summed E-state index contributed by atoms with van der Waals surface area (Å²) in [4.78, 5) is 0. The van der Waals surface area contributed by atoms with Crippen molar-refractivity contribution in [3.63, 3.8) is 0 Å². The van der Waals surface area contributed by atoms with Crippen LogP contribution in [-0.4, -0.2) is 9.13 Å². The number of hydrogen-bond donors (Lipinski definition) is 0. The second kappa shape index (κ2) is 11.4. The number of para-hydroxylation sites is 3. The summed E-state index contributed by atoms with van der Waals surface area (Å²) in [6.45, 7) is 0. The molecule has 0 amide bonds. The summed E-state index contributed by atoms with van der Waals surface area (Å²) in [7, 11) is 0. The molecule has 50 heavy (non-hydrogen) atoms. The molecule has 2 heterocycles. The Hall–Kier alpha value is -7.39. The summed E-state index contributed by atoms with van der Waals surface area (Å²) in [5.41, 5.74) is 11.9. The van der Waals surface area contributed by atoms with Gasteiger partial charge < -0.3 is 9.13 Å². The maximum atomic E-state index is 9.95. The van der Waals surface area contributed by atoms with Crippen LogP contribution in [0, 0.1) is 34.0 Å². The first kappa shape index (κ1) is 28.8. The number of hydrogen-bond acceptors (Lipinski definition) is 3. The molecule has 0 aliphatic rings. The van der Waals surface area contributed by atoms with Gasteiger partial charge in [-0.3, -0.25) is 0 Å². The molecular formula is C45H25N5. The molecule has 0 atom stereocenters. The molecule has 0 N–H and O–H groups in total. The predicted molar refractivity (Wildman–Crippen MR) is 200 cm³/mol. The first-order chi connectivity index (χ1) is 24.7. The van der Waals surface area contributed by atoms with Gasteiger partial charge in [0.2, 0.25) is 0 Å². The lowest BCUT2D eigenvalue weighted by atomic mass is 9.98. The Balaban J connectivity index is 1.13. The summed E-state index contributed by atoms with van der Waals surface area (Å²) < 4.78 is 4.37. The Morgan fingerprint density at radius 2 is 0.960 bits per heavy atom. The van der Waals surface area contributed by atoms with Crippen LogP contribution in [0.1, 0.15) is 16.7 Å². The van der Waals surface area contributed by atoms with E-state index in [-0.39, 0.29) is 0 Å². The van der Waals surface area contributed by atoms with Crippen LogP contribution in [-0.2, 0) is 0 Å². The summed E-state index contributed by atoms with van der Waals surface area (Å²) in [5.74, 6) is 0.